The van der Waals surface area contributed by atoms with E-state index in [-0.39, 0.29) is 16.8 Å². The van der Waals surface area contributed by atoms with Crippen molar-refractivity contribution >= 4 is 43.2 Å². The second-order valence-electron chi connectivity index (χ2n) is 7.29. The van der Waals surface area contributed by atoms with Gasteiger partial charge in [-0.3, -0.25) is 9.10 Å². The number of hydrogen-bond acceptors (Lipinski definition) is 3. The van der Waals surface area contributed by atoms with Crippen molar-refractivity contribution in [2.24, 2.45) is 0 Å². The van der Waals surface area contributed by atoms with Crippen LogP contribution in [0.4, 0.5) is 11.4 Å². The Kier molecular flexibility index (Phi) is 5.60. The molecule has 150 valence electrons. The van der Waals surface area contributed by atoms with Gasteiger partial charge in [-0.1, -0.05) is 22.0 Å². The van der Waals surface area contributed by atoms with Crippen molar-refractivity contribution in [3.8, 4) is 0 Å². The molecule has 7 heteroatoms. The van der Waals surface area contributed by atoms with Gasteiger partial charge in [0, 0.05) is 24.0 Å². The van der Waals surface area contributed by atoms with Crippen LogP contribution in [-0.2, 0) is 21.2 Å². The third-order valence-corrected chi connectivity index (χ3v) is 7.66. The average Bonchev–Trinajstić information content (AvgIpc) is 2.93. The van der Waals surface area contributed by atoms with Gasteiger partial charge in [0.1, 0.15) is 4.90 Å². The van der Waals surface area contributed by atoms with Crippen LogP contribution in [0.15, 0.2) is 39.7 Å². The van der Waals surface area contributed by atoms with E-state index in [9.17, 15) is 13.2 Å². The number of anilines is 2. The van der Waals surface area contributed by atoms with E-state index < -0.39 is 10.0 Å². The molecule has 0 bridgehead atoms. The first-order chi connectivity index (χ1) is 13.1. The third kappa shape index (κ3) is 3.46. The summed E-state index contributed by atoms with van der Waals surface area (Å²) < 4.78 is 29.5. The third-order valence-electron chi connectivity index (χ3n) is 5.29. The van der Waals surface area contributed by atoms with E-state index in [0.717, 1.165) is 16.7 Å². The first-order valence-electron chi connectivity index (χ1n) is 9.30. The van der Waals surface area contributed by atoms with Crippen molar-refractivity contribution in [2.75, 3.05) is 15.7 Å². The summed E-state index contributed by atoms with van der Waals surface area (Å²) in [4.78, 5) is 14.0. The zero-order chi connectivity index (χ0) is 20.8. The van der Waals surface area contributed by atoms with Gasteiger partial charge in [-0.15, -0.1) is 0 Å². The van der Waals surface area contributed by atoms with Crippen LogP contribution in [0.2, 0.25) is 0 Å². The molecule has 0 unspecified atom stereocenters. The number of nitrogens with zero attached hydrogens (tertiary/aromatic N) is 2. The maximum absolute atomic E-state index is 13.7. The van der Waals surface area contributed by atoms with Crippen LogP contribution in [0.1, 0.15) is 37.5 Å². The molecule has 0 aromatic heterocycles. The monoisotopic (exact) mass is 464 g/mol. The zero-order valence-corrected chi connectivity index (χ0v) is 19.2. The van der Waals surface area contributed by atoms with E-state index in [1.54, 1.807) is 11.0 Å². The lowest BCUT2D eigenvalue weighted by molar-refractivity contribution is -0.116. The summed E-state index contributed by atoms with van der Waals surface area (Å²) in [6.45, 7) is 9.49. The van der Waals surface area contributed by atoms with Crippen LogP contribution >= 0.6 is 15.9 Å². The fourth-order valence-electron chi connectivity index (χ4n) is 3.84. The van der Waals surface area contributed by atoms with Gasteiger partial charge in [0.05, 0.1) is 11.4 Å². The topological polar surface area (TPSA) is 57.7 Å². The Bertz CT molecular complexity index is 1050. The number of rotatable bonds is 4. The number of aryl methyl sites for hydroxylation is 2. The number of halogens is 1. The number of hydrogen-bond donors (Lipinski definition) is 0. The Balaban J connectivity index is 2.22. The van der Waals surface area contributed by atoms with Crippen molar-refractivity contribution in [3.63, 3.8) is 0 Å². The minimum atomic E-state index is -3.86. The molecule has 1 aliphatic rings. The Morgan fingerprint density at radius 1 is 1.21 bits per heavy atom. The van der Waals surface area contributed by atoms with Gasteiger partial charge >= 0.3 is 0 Å². The van der Waals surface area contributed by atoms with Crippen LogP contribution in [0.3, 0.4) is 0 Å². The predicted octanol–water partition coefficient (Wildman–Crippen LogP) is 4.58. The van der Waals surface area contributed by atoms with E-state index in [0.29, 0.717) is 28.8 Å². The molecule has 5 nitrogen and oxygen atoms in total. The molecule has 1 aliphatic heterocycles. The summed E-state index contributed by atoms with van der Waals surface area (Å²) in [6, 6.07) is 9.07. The Morgan fingerprint density at radius 3 is 2.46 bits per heavy atom. The molecule has 2 aromatic carbocycles. The van der Waals surface area contributed by atoms with Crippen molar-refractivity contribution in [1.29, 1.82) is 0 Å². The molecular formula is C21H25BrN2O3S. The lowest BCUT2D eigenvalue weighted by Gasteiger charge is -2.28. The summed E-state index contributed by atoms with van der Waals surface area (Å²) in [5.41, 5.74) is 4.14. The summed E-state index contributed by atoms with van der Waals surface area (Å²) in [5.74, 6) is -0.153. The molecule has 3 rings (SSSR count). The highest BCUT2D eigenvalue weighted by molar-refractivity contribution is 9.10. The summed E-state index contributed by atoms with van der Waals surface area (Å²) in [6.07, 6.45) is 0.632. The molecule has 0 radical (unpaired) electrons. The Hall–Kier alpha value is -1.86. The quantitative estimate of drug-likeness (QED) is 0.665. The highest BCUT2D eigenvalue weighted by atomic mass is 79.9. The van der Waals surface area contributed by atoms with E-state index in [1.807, 2.05) is 52.0 Å². The molecule has 28 heavy (non-hydrogen) atoms. The van der Waals surface area contributed by atoms with Gasteiger partial charge in [0.2, 0.25) is 5.91 Å². The lowest BCUT2D eigenvalue weighted by atomic mass is 10.1. The fraction of sp³-hybridized carbons (Fsp3) is 0.381. The molecule has 0 N–H and O–H groups in total. The maximum atomic E-state index is 13.7. The first-order valence-corrected chi connectivity index (χ1v) is 11.5. The zero-order valence-electron chi connectivity index (χ0n) is 16.8. The standard InChI is InChI=1S/C21H25BrN2O3S/c1-6-23(19-8-7-13(2)14(3)9-19)28(26,27)20-12-18(22)11-17-10-15(4)24(16(5)25)21(17)20/h7-9,11-12,15H,6,10H2,1-5H3/t15-/m0/s1. The molecule has 0 saturated carbocycles. The van der Waals surface area contributed by atoms with Crippen molar-refractivity contribution < 1.29 is 13.2 Å². The van der Waals surface area contributed by atoms with Gasteiger partial charge in [-0.05, 0) is 75.1 Å². The highest BCUT2D eigenvalue weighted by Gasteiger charge is 2.37. The Labute approximate surface area is 175 Å². The van der Waals surface area contributed by atoms with Crippen LogP contribution in [0, 0.1) is 13.8 Å². The number of carbonyl (C=O) groups is 1. The molecule has 0 aliphatic carbocycles. The largest absolute Gasteiger partial charge is 0.308 e. The van der Waals surface area contributed by atoms with Gasteiger partial charge in [0.15, 0.2) is 0 Å². The van der Waals surface area contributed by atoms with Gasteiger partial charge in [0.25, 0.3) is 10.0 Å². The van der Waals surface area contributed by atoms with E-state index >= 15 is 0 Å². The molecule has 0 saturated heterocycles. The minimum Gasteiger partial charge on any atom is -0.308 e. The maximum Gasteiger partial charge on any atom is 0.266 e. The second kappa shape index (κ2) is 7.52. The Morgan fingerprint density at radius 2 is 1.89 bits per heavy atom. The number of amides is 1. The number of fused-ring (bicyclic) bond motifs is 1. The van der Waals surface area contributed by atoms with Crippen LogP contribution in [0.25, 0.3) is 0 Å². The van der Waals surface area contributed by atoms with Crippen LogP contribution < -0.4 is 9.21 Å². The molecular weight excluding hydrogens is 440 g/mol. The normalized spacial score (nSPS) is 16.2. The SMILES string of the molecule is CCN(c1ccc(C)c(C)c1)S(=O)(=O)c1cc(Br)cc2c1N(C(C)=O)[C@@H](C)C2. The number of carbonyl (C=O) groups excluding carboxylic acids is 1. The van der Waals surface area contributed by atoms with Crippen LogP contribution in [0.5, 0.6) is 0 Å². The predicted molar refractivity (Wildman–Crippen MR) is 117 cm³/mol. The second-order valence-corrected chi connectivity index (χ2v) is 10.0. The van der Waals surface area contributed by atoms with Crippen molar-refractivity contribution in [2.45, 2.75) is 52.0 Å². The average molecular weight is 465 g/mol. The van der Waals surface area contributed by atoms with Crippen LogP contribution in [-0.4, -0.2) is 26.9 Å². The van der Waals surface area contributed by atoms with E-state index in [2.05, 4.69) is 15.9 Å². The van der Waals surface area contributed by atoms with E-state index in [1.165, 1.54) is 11.2 Å². The number of benzene rings is 2. The molecule has 1 atom stereocenters. The molecule has 2 aromatic rings. The summed E-state index contributed by atoms with van der Waals surface area (Å²) >= 11 is 3.45. The summed E-state index contributed by atoms with van der Waals surface area (Å²) in [5, 5.41) is 0. The van der Waals surface area contributed by atoms with Gasteiger partial charge in [-0.25, -0.2) is 8.42 Å². The lowest BCUT2D eigenvalue weighted by Crippen LogP contribution is -2.36. The fourth-order valence-corrected chi connectivity index (χ4v) is 6.22. The van der Waals surface area contributed by atoms with Crippen molar-refractivity contribution in [3.05, 3.63) is 51.5 Å². The molecule has 0 fully saturated rings. The highest BCUT2D eigenvalue weighted by Crippen LogP contribution is 2.41. The smallest absolute Gasteiger partial charge is 0.266 e. The van der Waals surface area contributed by atoms with Crippen molar-refractivity contribution in [1.82, 2.24) is 0 Å². The molecule has 0 spiro atoms. The van der Waals surface area contributed by atoms with Gasteiger partial charge in [-0.2, -0.15) is 0 Å². The summed E-state index contributed by atoms with van der Waals surface area (Å²) in [7, 11) is -3.86. The number of sulfonamides is 1. The first kappa shape index (κ1) is 20.9. The van der Waals surface area contributed by atoms with Gasteiger partial charge < -0.3 is 4.90 Å². The molecule has 1 amide bonds. The van der Waals surface area contributed by atoms with E-state index in [4.69, 9.17) is 0 Å². The minimum absolute atomic E-state index is 0.0764. The molecule has 1 heterocycles.